The zero-order valence-corrected chi connectivity index (χ0v) is 12.3. The predicted octanol–water partition coefficient (Wildman–Crippen LogP) is 2.07. The molecule has 2 rings (SSSR count). The lowest BCUT2D eigenvalue weighted by Gasteiger charge is -2.02. The average molecular weight is 338 g/mol. The number of amides is 1. The predicted molar refractivity (Wildman–Crippen MR) is 76.3 cm³/mol. The van der Waals surface area contributed by atoms with Gasteiger partial charge in [-0.1, -0.05) is 15.9 Å². The van der Waals surface area contributed by atoms with Crippen LogP contribution in [0.2, 0.25) is 0 Å². The Kier molecular flexibility index (Phi) is 4.52. The van der Waals surface area contributed by atoms with E-state index in [2.05, 4.69) is 31.1 Å². The normalized spacial score (nSPS) is 10.1. The number of benzene rings is 1. The van der Waals surface area contributed by atoms with E-state index in [0.717, 1.165) is 4.47 Å². The zero-order valence-electron chi connectivity index (χ0n) is 10.7. The van der Waals surface area contributed by atoms with Gasteiger partial charge in [0, 0.05) is 16.2 Å². The molecule has 104 valence electrons. The van der Waals surface area contributed by atoms with Crippen molar-refractivity contribution in [3.05, 3.63) is 46.7 Å². The average Bonchev–Trinajstić information content (AvgIpc) is 2.86. The van der Waals surface area contributed by atoms with Crippen molar-refractivity contribution in [2.75, 3.05) is 12.4 Å². The molecule has 1 heterocycles. The van der Waals surface area contributed by atoms with Crippen LogP contribution in [0.4, 0.5) is 5.69 Å². The summed E-state index contributed by atoms with van der Waals surface area (Å²) in [5.74, 6) is -0.644. The number of rotatable bonds is 4. The number of hydrogen-bond donors (Lipinski definition) is 1. The maximum atomic E-state index is 12.0. The second-order valence-corrected chi connectivity index (χ2v) is 4.88. The van der Waals surface area contributed by atoms with Crippen LogP contribution in [0, 0.1) is 0 Å². The number of methoxy groups -OCH3 is 1. The van der Waals surface area contributed by atoms with Crippen molar-refractivity contribution < 1.29 is 14.3 Å². The second-order valence-electron chi connectivity index (χ2n) is 3.96. The lowest BCUT2D eigenvalue weighted by atomic mass is 10.2. The number of ether oxygens (including phenoxy) is 1. The number of anilines is 1. The summed E-state index contributed by atoms with van der Waals surface area (Å²) >= 11 is 3.31. The summed E-state index contributed by atoms with van der Waals surface area (Å²) in [6, 6.07) is 6.99. The van der Waals surface area contributed by atoms with Gasteiger partial charge in [0.1, 0.15) is 6.54 Å². The Balaban J connectivity index is 2.01. The minimum absolute atomic E-state index is 0.00462. The molecule has 0 fully saturated rings. The van der Waals surface area contributed by atoms with Crippen LogP contribution < -0.4 is 5.32 Å². The van der Waals surface area contributed by atoms with Crippen LogP contribution in [0.1, 0.15) is 10.4 Å². The number of nitrogens with zero attached hydrogens (tertiary/aromatic N) is 2. The molecule has 0 spiro atoms. The third-order valence-electron chi connectivity index (χ3n) is 2.52. The Labute approximate surface area is 123 Å². The molecule has 1 aromatic heterocycles. The second kappa shape index (κ2) is 6.33. The molecule has 0 saturated heterocycles. The number of halogens is 1. The number of carbonyl (C=O) groups excluding carboxylic acids is 2. The molecule has 6 nitrogen and oxygen atoms in total. The molecule has 1 N–H and O–H groups in total. The quantitative estimate of drug-likeness (QED) is 0.867. The highest BCUT2D eigenvalue weighted by atomic mass is 79.9. The summed E-state index contributed by atoms with van der Waals surface area (Å²) < 4.78 is 6.83. The third-order valence-corrected chi connectivity index (χ3v) is 3.04. The van der Waals surface area contributed by atoms with Gasteiger partial charge < -0.3 is 10.1 Å². The first-order chi connectivity index (χ1) is 9.58. The fourth-order valence-corrected chi connectivity index (χ4v) is 1.78. The van der Waals surface area contributed by atoms with Gasteiger partial charge in [0.15, 0.2) is 0 Å². The van der Waals surface area contributed by atoms with Crippen molar-refractivity contribution >= 4 is 33.5 Å². The first-order valence-electron chi connectivity index (χ1n) is 5.74. The molecule has 0 aliphatic heterocycles. The molecule has 0 saturated carbocycles. The highest BCUT2D eigenvalue weighted by molar-refractivity contribution is 9.10. The van der Waals surface area contributed by atoms with Crippen molar-refractivity contribution in [3.63, 3.8) is 0 Å². The Morgan fingerprint density at radius 3 is 2.70 bits per heavy atom. The van der Waals surface area contributed by atoms with Gasteiger partial charge >= 0.3 is 5.97 Å². The lowest BCUT2D eigenvalue weighted by Crippen LogP contribution is -2.12. The molecule has 0 aliphatic carbocycles. The van der Waals surface area contributed by atoms with Crippen LogP contribution in [-0.2, 0) is 16.1 Å². The standard InChI is InChI=1S/C13H12BrN3O3/c1-20-12(18)8-17-7-11(6-15-17)16-13(19)9-2-4-10(14)5-3-9/h2-7H,8H2,1H3,(H,16,19). The monoisotopic (exact) mass is 337 g/mol. The van der Waals surface area contributed by atoms with E-state index in [4.69, 9.17) is 0 Å². The van der Waals surface area contributed by atoms with Crippen LogP contribution in [0.5, 0.6) is 0 Å². The summed E-state index contributed by atoms with van der Waals surface area (Å²) in [6.07, 6.45) is 3.04. The summed E-state index contributed by atoms with van der Waals surface area (Å²) in [6.45, 7) is 0.00462. The molecule has 7 heteroatoms. The minimum Gasteiger partial charge on any atom is -0.468 e. The molecule has 0 radical (unpaired) electrons. The van der Waals surface area contributed by atoms with E-state index >= 15 is 0 Å². The Morgan fingerprint density at radius 1 is 1.35 bits per heavy atom. The van der Waals surface area contributed by atoms with E-state index in [0.29, 0.717) is 11.3 Å². The molecule has 0 atom stereocenters. The van der Waals surface area contributed by atoms with Gasteiger partial charge in [0.05, 0.1) is 19.0 Å². The zero-order chi connectivity index (χ0) is 14.5. The largest absolute Gasteiger partial charge is 0.468 e. The van der Waals surface area contributed by atoms with Crippen molar-refractivity contribution in [3.8, 4) is 0 Å². The Bertz CT molecular complexity index is 622. The third kappa shape index (κ3) is 3.67. The topological polar surface area (TPSA) is 73.2 Å². The molecule has 0 bridgehead atoms. The number of hydrogen-bond acceptors (Lipinski definition) is 4. The molecular formula is C13H12BrN3O3. The first-order valence-corrected chi connectivity index (χ1v) is 6.54. The smallest absolute Gasteiger partial charge is 0.327 e. The summed E-state index contributed by atoms with van der Waals surface area (Å²) in [5.41, 5.74) is 1.05. The fraction of sp³-hybridized carbons (Fsp3) is 0.154. The van der Waals surface area contributed by atoms with Crippen LogP contribution in [0.15, 0.2) is 41.1 Å². The number of nitrogens with one attached hydrogen (secondary N) is 1. The number of esters is 1. The van der Waals surface area contributed by atoms with Crippen molar-refractivity contribution in [1.82, 2.24) is 9.78 Å². The van der Waals surface area contributed by atoms with Crippen molar-refractivity contribution in [2.24, 2.45) is 0 Å². The van der Waals surface area contributed by atoms with E-state index in [1.54, 1.807) is 30.5 Å². The van der Waals surface area contributed by atoms with E-state index in [9.17, 15) is 9.59 Å². The molecule has 0 aliphatic rings. The lowest BCUT2D eigenvalue weighted by molar-refractivity contribution is -0.141. The highest BCUT2D eigenvalue weighted by Gasteiger charge is 2.08. The summed E-state index contributed by atoms with van der Waals surface area (Å²) in [7, 11) is 1.31. The summed E-state index contributed by atoms with van der Waals surface area (Å²) in [4.78, 5) is 23.0. The Morgan fingerprint density at radius 2 is 2.05 bits per heavy atom. The van der Waals surface area contributed by atoms with Crippen LogP contribution in [0.25, 0.3) is 0 Å². The van der Waals surface area contributed by atoms with Crippen LogP contribution in [-0.4, -0.2) is 28.8 Å². The molecule has 0 unspecified atom stereocenters. The molecule has 1 amide bonds. The molecule has 1 aromatic carbocycles. The first kappa shape index (κ1) is 14.3. The van der Waals surface area contributed by atoms with Gasteiger partial charge in [-0.05, 0) is 24.3 Å². The maximum Gasteiger partial charge on any atom is 0.327 e. The maximum absolute atomic E-state index is 12.0. The fourth-order valence-electron chi connectivity index (χ4n) is 1.52. The SMILES string of the molecule is COC(=O)Cn1cc(NC(=O)c2ccc(Br)cc2)cn1. The molecule has 2 aromatic rings. The van der Waals surface area contributed by atoms with E-state index in [-0.39, 0.29) is 12.5 Å². The van der Waals surface area contributed by atoms with Crippen LogP contribution >= 0.6 is 15.9 Å². The van der Waals surface area contributed by atoms with E-state index in [1.165, 1.54) is 18.0 Å². The van der Waals surface area contributed by atoms with Gasteiger partial charge in [-0.25, -0.2) is 0 Å². The number of aromatic nitrogens is 2. The summed E-state index contributed by atoms with van der Waals surface area (Å²) in [5, 5.41) is 6.66. The van der Waals surface area contributed by atoms with Gasteiger partial charge in [-0.3, -0.25) is 14.3 Å². The number of carbonyl (C=O) groups is 2. The van der Waals surface area contributed by atoms with Gasteiger partial charge in [0.2, 0.25) is 0 Å². The minimum atomic E-state index is -0.404. The van der Waals surface area contributed by atoms with E-state index in [1.807, 2.05) is 0 Å². The molecular weight excluding hydrogens is 326 g/mol. The van der Waals surface area contributed by atoms with Crippen molar-refractivity contribution in [1.29, 1.82) is 0 Å². The van der Waals surface area contributed by atoms with Gasteiger partial charge in [-0.2, -0.15) is 5.10 Å². The van der Waals surface area contributed by atoms with Gasteiger partial charge in [-0.15, -0.1) is 0 Å². The molecule has 20 heavy (non-hydrogen) atoms. The Hall–Kier alpha value is -2.15. The van der Waals surface area contributed by atoms with Crippen molar-refractivity contribution in [2.45, 2.75) is 6.54 Å². The van der Waals surface area contributed by atoms with Gasteiger partial charge in [0.25, 0.3) is 5.91 Å². The van der Waals surface area contributed by atoms with E-state index < -0.39 is 5.97 Å². The highest BCUT2D eigenvalue weighted by Crippen LogP contribution is 2.12. The van der Waals surface area contributed by atoms with Crippen LogP contribution in [0.3, 0.4) is 0 Å².